The maximum Gasteiger partial charge on any atom is 0.418 e. The van der Waals surface area contributed by atoms with E-state index in [0.29, 0.717) is 27.9 Å². The van der Waals surface area contributed by atoms with Crippen LogP contribution in [0.15, 0.2) is 72.8 Å². The molecule has 0 atom stereocenters. The van der Waals surface area contributed by atoms with Gasteiger partial charge in [0.15, 0.2) is 23.3 Å². The topological polar surface area (TPSA) is 4.93 Å². The smallest absolute Gasteiger partial charge is 0.308 e. The van der Waals surface area contributed by atoms with Gasteiger partial charge in [-0.3, -0.25) is 0 Å². The highest BCUT2D eigenvalue weighted by Gasteiger charge is 2.39. The zero-order valence-electron chi connectivity index (χ0n) is 23.4. The third-order valence-electron chi connectivity index (χ3n) is 8.70. The van der Waals surface area contributed by atoms with Crippen LogP contribution < -0.4 is 0 Å². The highest BCUT2D eigenvalue weighted by atomic mass is 19.4. The van der Waals surface area contributed by atoms with Crippen LogP contribution in [0.3, 0.4) is 0 Å². The maximum atomic E-state index is 14.9. The van der Waals surface area contributed by atoms with E-state index in [4.69, 9.17) is 0 Å². The van der Waals surface area contributed by atoms with Crippen LogP contribution in [0.4, 0.5) is 35.1 Å². The van der Waals surface area contributed by atoms with E-state index in [1.165, 1.54) is 11.5 Å². The summed E-state index contributed by atoms with van der Waals surface area (Å²) in [5.41, 5.74) is 0.567. The molecule has 0 N–H and O–H groups in total. The zero-order chi connectivity index (χ0) is 31.5. The summed E-state index contributed by atoms with van der Waals surface area (Å²) in [7, 11) is 0. The monoisotopic (exact) mass is 607 g/mol. The summed E-state index contributed by atoms with van der Waals surface area (Å²) < 4.78 is 117. The van der Waals surface area contributed by atoms with E-state index in [9.17, 15) is 35.1 Å². The second-order valence-corrected chi connectivity index (χ2v) is 11.6. The lowest BCUT2D eigenvalue weighted by atomic mass is 9.82. The molecule has 0 saturated carbocycles. The van der Waals surface area contributed by atoms with Crippen LogP contribution >= 0.6 is 0 Å². The average Bonchev–Trinajstić information content (AvgIpc) is 3.42. The second-order valence-electron chi connectivity index (χ2n) is 11.6. The molecule has 9 heteroatoms. The molecule has 0 unspecified atom stereocenters. The normalized spacial score (nSPS) is 14.0. The molecule has 1 heterocycles. The Kier molecular flexibility index (Phi) is 5.86. The predicted molar refractivity (Wildman–Crippen MR) is 153 cm³/mol. The van der Waals surface area contributed by atoms with Crippen molar-refractivity contribution in [3.8, 4) is 27.9 Å². The van der Waals surface area contributed by atoms with Gasteiger partial charge in [-0.2, -0.15) is 13.2 Å². The van der Waals surface area contributed by atoms with Gasteiger partial charge in [0.05, 0.1) is 27.8 Å². The van der Waals surface area contributed by atoms with Crippen molar-refractivity contribution in [2.75, 3.05) is 0 Å². The molecule has 1 aromatic heterocycles. The second kappa shape index (κ2) is 9.17. The van der Waals surface area contributed by atoms with Gasteiger partial charge in [-0.05, 0) is 70.6 Å². The summed E-state index contributed by atoms with van der Waals surface area (Å²) in [5, 5.41) is 1.38. The molecule has 1 aliphatic carbocycles. The number of fused-ring (bicyclic) bond motifs is 6. The summed E-state index contributed by atoms with van der Waals surface area (Å²) in [6, 6.07) is 20.2. The van der Waals surface area contributed by atoms with Crippen LogP contribution in [0.1, 0.15) is 36.1 Å². The van der Waals surface area contributed by atoms with Gasteiger partial charge in [-0.25, -0.2) is 22.0 Å². The largest absolute Gasteiger partial charge is 0.418 e. The number of nitrogens with zero attached hydrogens (tertiary/aromatic N) is 1. The number of aryl methyl sites for hydroxylation is 1. The van der Waals surface area contributed by atoms with Crippen molar-refractivity contribution in [3.05, 3.63) is 124 Å². The van der Waals surface area contributed by atoms with Gasteiger partial charge in [0.2, 0.25) is 5.82 Å². The average molecular weight is 608 g/mol. The van der Waals surface area contributed by atoms with E-state index in [2.05, 4.69) is 0 Å². The van der Waals surface area contributed by atoms with E-state index in [1.54, 1.807) is 24.3 Å². The Labute approximate surface area is 246 Å². The minimum Gasteiger partial charge on any atom is -0.308 e. The lowest BCUT2D eigenvalue weighted by molar-refractivity contribution is -0.137. The van der Waals surface area contributed by atoms with Crippen molar-refractivity contribution in [2.45, 2.75) is 32.4 Å². The molecule has 5 aromatic carbocycles. The van der Waals surface area contributed by atoms with Crippen LogP contribution in [0.5, 0.6) is 0 Å². The fourth-order valence-corrected chi connectivity index (χ4v) is 6.70. The number of aromatic nitrogens is 1. The van der Waals surface area contributed by atoms with Crippen molar-refractivity contribution in [1.29, 1.82) is 0 Å². The lowest BCUT2D eigenvalue weighted by Crippen LogP contribution is -2.15. The molecule has 0 saturated heterocycles. The van der Waals surface area contributed by atoms with Crippen LogP contribution in [0, 0.1) is 36.0 Å². The zero-order valence-corrected chi connectivity index (χ0v) is 23.4. The molecule has 1 nitrogen and oxygen atoms in total. The molecule has 0 fully saturated rings. The first-order valence-electron chi connectivity index (χ1n) is 13.6. The Bertz CT molecular complexity index is 2180. The van der Waals surface area contributed by atoms with Gasteiger partial charge >= 0.3 is 6.18 Å². The van der Waals surface area contributed by atoms with Crippen LogP contribution in [0.2, 0.25) is 0 Å². The number of alkyl halides is 3. The third kappa shape index (κ3) is 3.71. The van der Waals surface area contributed by atoms with Crippen molar-refractivity contribution >= 4 is 21.8 Å². The molecule has 0 bridgehead atoms. The number of para-hydroxylation sites is 1. The van der Waals surface area contributed by atoms with Gasteiger partial charge < -0.3 is 4.57 Å². The SMILES string of the molecule is Cc1cc(-c2c(F)c(F)c(F)c(F)c2F)cc(C(F)(F)F)c1-n1c2ccccc2c2cc3c(cc21)C(C)(C)c1ccccc1-3. The number of hydrogen-bond acceptors (Lipinski definition) is 0. The Hall–Kier alpha value is -4.66. The van der Waals surface area contributed by atoms with E-state index < -0.39 is 57.4 Å². The standard InChI is InChI=1S/C35H21F8N/c1-16-12-17(27-28(36)30(38)32(40)31(39)29(27)37)13-24(35(41,42)43)33(16)44-25-11-7-5-9-19(25)21-14-20-18-8-4-6-10-22(18)34(2,3)23(20)15-26(21)44/h4-15H,1-3H3. The first kappa shape index (κ1) is 28.1. The van der Waals surface area contributed by atoms with Crippen molar-refractivity contribution in [2.24, 2.45) is 0 Å². The fourth-order valence-electron chi connectivity index (χ4n) is 6.70. The number of rotatable bonds is 2. The van der Waals surface area contributed by atoms with E-state index in [-0.39, 0.29) is 11.3 Å². The first-order chi connectivity index (χ1) is 20.7. The predicted octanol–water partition coefficient (Wildman–Crippen LogP) is 10.8. The molecule has 1 aliphatic rings. The number of hydrogen-bond donors (Lipinski definition) is 0. The Morgan fingerprint density at radius 3 is 1.91 bits per heavy atom. The van der Waals surface area contributed by atoms with E-state index in [1.807, 2.05) is 50.2 Å². The molecule has 0 radical (unpaired) electrons. The van der Waals surface area contributed by atoms with Gasteiger partial charge in [0.1, 0.15) is 0 Å². The molecule has 6 aromatic rings. The lowest BCUT2D eigenvalue weighted by Gasteiger charge is -2.23. The molecule has 44 heavy (non-hydrogen) atoms. The van der Waals surface area contributed by atoms with E-state index in [0.717, 1.165) is 28.3 Å². The van der Waals surface area contributed by atoms with Crippen molar-refractivity contribution in [1.82, 2.24) is 4.57 Å². The number of benzene rings is 5. The molecule has 0 aliphatic heterocycles. The third-order valence-corrected chi connectivity index (χ3v) is 8.70. The van der Waals surface area contributed by atoms with E-state index >= 15 is 0 Å². The molecule has 0 spiro atoms. The fraction of sp³-hybridized carbons (Fsp3) is 0.143. The van der Waals surface area contributed by atoms with Crippen LogP contribution in [0.25, 0.3) is 49.7 Å². The molecular formula is C35H21F8N. The number of halogens is 8. The minimum atomic E-state index is -5.07. The highest BCUT2D eigenvalue weighted by Crippen LogP contribution is 2.51. The Morgan fingerprint density at radius 1 is 0.614 bits per heavy atom. The maximum absolute atomic E-state index is 14.9. The molecule has 7 rings (SSSR count). The van der Waals surface area contributed by atoms with Crippen LogP contribution in [-0.2, 0) is 11.6 Å². The summed E-state index contributed by atoms with van der Waals surface area (Å²) in [6.45, 7) is 5.40. The molecule has 222 valence electrons. The summed E-state index contributed by atoms with van der Waals surface area (Å²) in [4.78, 5) is 0. The van der Waals surface area contributed by atoms with Gasteiger partial charge in [0.25, 0.3) is 0 Å². The Balaban J connectivity index is 1.59. The van der Waals surface area contributed by atoms with Gasteiger partial charge in [-0.1, -0.05) is 56.3 Å². The minimum absolute atomic E-state index is 0.0792. The van der Waals surface area contributed by atoms with Gasteiger partial charge in [-0.15, -0.1) is 0 Å². The Morgan fingerprint density at radius 2 is 1.23 bits per heavy atom. The van der Waals surface area contributed by atoms with Crippen LogP contribution in [-0.4, -0.2) is 4.57 Å². The molecular weight excluding hydrogens is 586 g/mol. The highest BCUT2D eigenvalue weighted by molar-refractivity contribution is 6.12. The van der Waals surface area contributed by atoms with Crippen molar-refractivity contribution < 1.29 is 35.1 Å². The quantitative estimate of drug-likeness (QED) is 0.105. The first-order valence-corrected chi connectivity index (χ1v) is 13.6. The summed E-state index contributed by atoms with van der Waals surface area (Å²) >= 11 is 0. The summed E-state index contributed by atoms with van der Waals surface area (Å²) in [6.07, 6.45) is -5.07. The summed E-state index contributed by atoms with van der Waals surface area (Å²) in [5.74, 6) is -11.3. The van der Waals surface area contributed by atoms with Crippen molar-refractivity contribution in [3.63, 3.8) is 0 Å². The molecule has 0 amide bonds. The van der Waals surface area contributed by atoms with Gasteiger partial charge in [0, 0.05) is 16.2 Å².